The molecule has 0 aromatic rings. The van der Waals surface area contributed by atoms with Crippen LogP contribution in [-0.4, -0.2) is 87.0 Å². The normalized spacial score (nSPS) is 16.9. The summed E-state index contributed by atoms with van der Waals surface area (Å²) in [4.78, 5) is 59.2. The monoisotopic (exact) mass is 434 g/mol. The Hall–Kier alpha value is -2.77. The summed E-state index contributed by atoms with van der Waals surface area (Å²) >= 11 is 0. The first-order valence-electron chi connectivity index (χ1n) is 9.25. The quantitative estimate of drug-likeness (QED) is 0.144. The highest BCUT2D eigenvalue weighted by Gasteiger charge is 2.34. The molecular formula is C17H30N4O9. The van der Waals surface area contributed by atoms with Gasteiger partial charge in [0, 0.05) is 0 Å². The van der Waals surface area contributed by atoms with Gasteiger partial charge in [-0.3, -0.25) is 19.2 Å². The van der Waals surface area contributed by atoms with Gasteiger partial charge < -0.3 is 42.1 Å². The maximum Gasteiger partial charge on any atom is 0.326 e. The molecule has 30 heavy (non-hydrogen) atoms. The predicted molar refractivity (Wildman–Crippen MR) is 102 cm³/mol. The van der Waals surface area contributed by atoms with E-state index in [4.69, 9.17) is 15.9 Å². The average molecular weight is 434 g/mol. The molecule has 0 spiro atoms. The zero-order valence-corrected chi connectivity index (χ0v) is 17.0. The van der Waals surface area contributed by atoms with E-state index in [2.05, 4.69) is 16.0 Å². The second-order valence-corrected chi connectivity index (χ2v) is 6.88. The maximum atomic E-state index is 12.5. The SMILES string of the molecule is CCC(C)C(NC(=O)C(CC(=O)O)NC(=O)C(NC(=O)C(N)CO)C(C)O)C(=O)O. The highest BCUT2D eigenvalue weighted by molar-refractivity contribution is 5.95. The molecule has 172 valence electrons. The van der Waals surface area contributed by atoms with Crippen molar-refractivity contribution >= 4 is 29.7 Å². The van der Waals surface area contributed by atoms with Gasteiger partial charge >= 0.3 is 11.9 Å². The molecular weight excluding hydrogens is 404 g/mol. The van der Waals surface area contributed by atoms with Gasteiger partial charge in [-0.15, -0.1) is 0 Å². The largest absolute Gasteiger partial charge is 0.481 e. The third-order valence-electron chi connectivity index (χ3n) is 4.38. The van der Waals surface area contributed by atoms with Crippen LogP contribution in [0.2, 0.25) is 0 Å². The van der Waals surface area contributed by atoms with E-state index < -0.39 is 78.9 Å². The van der Waals surface area contributed by atoms with Crippen molar-refractivity contribution in [2.24, 2.45) is 11.7 Å². The Morgan fingerprint density at radius 3 is 1.83 bits per heavy atom. The molecule has 0 aliphatic rings. The van der Waals surface area contributed by atoms with Gasteiger partial charge in [-0.25, -0.2) is 4.79 Å². The fraction of sp³-hybridized carbons (Fsp3) is 0.706. The lowest BCUT2D eigenvalue weighted by molar-refractivity contribution is -0.145. The molecule has 3 amide bonds. The second-order valence-electron chi connectivity index (χ2n) is 6.88. The topological polar surface area (TPSA) is 228 Å². The molecule has 0 saturated heterocycles. The Morgan fingerprint density at radius 2 is 1.43 bits per heavy atom. The number of aliphatic hydroxyl groups excluding tert-OH is 2. The van der Waals surface area contributed by atoms with E-state index in [0.29, 0.717) is 6.42 Å². The van der Waals surface area contributed by atoms with Gasteiger partial charge in [0.1, 0.15) is 24.2 Å². The molecule has 6 unspecified atom stereocenters. The Morgan fingerprint density at radius 1 is 0.900 bits per heavy atom. The minimum absolute atomic E-state index is 0.411. The first kappa shape index (κ1) is 27.2. The summed E-state index contributed by atoms with van der Waals surface area (Å²) in [5.41, 5.74) is 5.33. The molecule has 0 saturated carbocycles. The first-order chi connectivity index (χ1) is 13.8. The molecule has 0 rings (SSSR count). The lowest BCUT2D eigenvalue weighted by atomic mass is 9.98. The molecule has 0 aromatic carbocycles. The second kappa shape index (κ2) is 12.7. The number of carboxylic acids is 2. The van der Waals surface area contributed by atoms with E-state index >= 15 is 0 Å². The molecule has 0 aliphatic heterocycles. The van der Waals surface area contributed by atoms with Crippen molar-refractivity contribution in [2.75, 3.05) is 6.61 Å². The van der Waals surface area contributed by atoms with Crippen LogP contribution in [0.15, 0.2) is 0 Å². The van der Waals surface area contributed by atoms with E-state index in [1.807, 2.05) is 0 Å². The van der Waals surface area contributed by atoms with Crippen LogP contribution >= 0.6 is 0 Å². The number of amides is 3. The first-order valence-corrected chi connectivity index (χ1v) is 9.25. The van der Waals surface area contributed by atoms with Gasteiger partial charge in [0.05, 0.1) is 19.1 Å². The third kappa shape index (κ3) is 8.71. The summed E-state index contributed by atoms with van der Waals surface area (Å²) in [6.45, 7) is 3.71. The summed E-state index contributed by atoms with van der Waals surface area (Å²) < 4.78 is 0. The Kier molecular flexibility index (Phi) is 11.5. The molecule has 0 heterocycles. The van der Waals surface area contributed by atoms with E-state index in [1.165, 1.54) is 0 Å². The number of hydrogen-bond acceptors (Lipinski definition) is 8. The van der Waals surface area contributed by atoms with Crippen molar-refractivity contribution in [3.05, 3.63) is 0 Å². The summed E-state index contributed by atoms with van der Waals surface area (Å²) in [7, 11) is 0. The van der Waals surface area contributed by atoms with Crippen molar-refractivity contribution < 1.29 is 44.4 Å². The molecule has 13 heteroatoms. The number of nitrogens with two attached hydrogens (primary N) is 1. The average Bonchev–Trinajstić information content (AvgIpc) is 2.66. The van der Waals surface area contributed by atoms with E-state index in [0.717, 1.165) is 6.92 Å². The van der Waals surface area contributed by atoms with Crippen LogP contribution in [0.1, 0.15) is 33.6 Å². The van der Waals surface area contributed by atoms with Crippen molar-refractivity contribution in [1.29, 1.82) is 0 Å². The number of nitrogens with one attached hydrogen (secondary N) is 3. The minimum atomic E-state index is -1.68. The minimum Gasteiger partial charge on any atom is -0.481 e. The lowest BCUT2D eigenvalue weighted by Gasteiger charge is -2.26. The lowest BCUT2D eigenvalue weighted by Crippen LogP contribution is -2.60. The number of hydrogen-bond donors (Lipinski definition) is 8. The van der Waals surface area contributed by atoms with Gasteiger partial charge in [-0.1, -0.05) is 20.3 Å². The molecule has 0 fully saturated rings. The fourth-order valence-corrected chi connectivity index (χ4v) is 2.33. The summed E-state index contributed by atoms with van der Waals surface area (Å²) in [6.07, 6.45) is -1.92. The van der Waals surface area contributed by atoms with Gasteiger partial charge in [-0.05, 0) is 12.8 Å². The van der Waals surface area contributed by atoms with Gasteiger partial charge in [0.25, 0.3) is 0 Å². The number of aliphatic carboxylic acids is 2. The fourth-order valence-electron chi connectivity index (χ4n) is 2.33. The predicted octanol–water partition coefficient (Wildman–Crippen LogP) is -3.25. The van der Waals surface area contributed by atoms with E-state index in [1.54, 1.807) is 13.8 Å². The Bertz CT molecular complexity index is 641. The Labute approximate surface area is 173 Å². The van der Waals surface area contributed by atoms with Crippen molar-refractivity contribution in [3.63, 3.8) is 0 Å². The van der Waals surface area contributed by atoms with Crippen molar-refractivity contribution in [2.45, 2.75) is 63.9 Å². The van der Waals surface area contributed by atoms with Crippen molar-refractivity contribution in [1.82, 2.24) is 16.0 Å². The van der Waals surface area contributed by atoms with Gasteiger partial charge in [0.2, 0.25) is 17.7 Å². The van der Waals surface area contributed by atoms with Crippen LogP contribution in [0.25, 0.3) is 0 Å². The zero-order valence-electron chi connectivity index (χ0n) is 17.0. The van der Waals surface area contributed by atoms with Crippen molar-refractivity contribution in [3.8, 4) is 0 Å². The van der Waals surface area contributed by atoms with Crippen LogP contribution in [0.3, 0.4) is 0 Å². The van der Waals surface area contributed by atoms with Crippen LogP contribution in [0.5, 0.6) is 0 Å². The van der Waals surface area contributed by atoms with Crippen LogP contribution < -0.4 is 21.7 Å². The highest BCUT2D eigenvalue weighted by Crippen LogP contribution is 2.09. The third-order valence-corrected chi connectivity index (χ3v) is 4.38. The van der Waals surface area contributed by atoms with E-state index in [9.17, 15) is 34.2 Å². The van der Waals surface area contributed by atoms with Crippen LogP contribution in [0.4, 0.5) is 0 Å². The maximum absolute atomic E-state index is 12.5. The standard InChI is InChI=1S/C17H30N4O9/c1-4-7(2)12(17(29)30)20-15(27)10(5-11(24)25)19-16(28)13(8(3)23)21-14(26)9(18)6-22/h7-10,12-13,22-23H,4-6,18H2,1-3H3,(H,19,28)(H,20,27)(H,21,26)(H,24,25)(H,29,30). The molecule has 9 N–H and O–H groups in total. The number of carboxylic acid groups (broad SMARTS) is 2. The Balaban J connectivity index is 5.48. The summed E-state index contributed by atoms with van der Waals surface area (Å²) in [5, 5.41) is 43.3. The van der Waals surface area contributed by atoms with E-state index in [-0.39, 0.29) is 0 Å². The summed E-state index contributed by atoms with van der Waals surface area (Å²) in [6, 6.07) is -5.97. The zero-order chi connectivity index (χ0) is 23.6. The van der Waals surface area contributed by atoms with Crippen LogP contribution in [-0.2, 0) is 24.0 Å². The number of carbonyl (C=O) groups excluding carboxylic acids is 3. The molecule has 6 atom stereocenters. The van der Waals surface area contributed by atoms with Crippen LogP contribution in [0, 0.1) is 5.92 Å². The molecule has 0 radical (unpaired) electrons. The highest BCUT2D eigenvalue weighted by atomic mass is 16.4. The number of carbonyl (C=O) groups is 5. The summed E-state index contributed by atoms with van der Waals surface area (Å²) in [5.74, 6) is -6.37. The molecule has 0 bridgehead atoms. The van der Waals surface area contributed by atoms with Gasteiger partial charge in [-0.2, -0.15) is 0 Å². The smallest absolute Gasteiger partial charge is 0.326 e. The molecule has 13 nitrogen and oxygen atoms in total. The van der Waals surface area contributed by atoms with Gasteiger partial charge in [0.15, 0.2) is 0 Å². The molecule has 0 aliphatic carbocycles. The molecule has 0 aromatic heterocycles. The number of aliphatic hydroxyl groups is 2. The number of rotatable bonds is 13.